The van der Waals surface area contributed by atoms with Crippen molar-refractivity contribution in [3.63, 3.8) is 0 Å². The summed E-state index contributed by atoms with van der Waals surface area (Å²) in [6.07, 6.45) is 5.04. The maximum absolute atomic E-state index is 12.9. The Morgan fingerprint density at radius 1 is 1.32 bits per heavy atom. The predicted molar refractivity (Wildman–Crippen MR) is 109 cm³/mol. The fourth-order valence-electron chi connectivity index (χ4n) is 3.41. The van der Waals surface area contributed by atoms with Crippen LogP contribution in [0.5, 0.6) is 5.75 Å². The quantitative estimate of drug-likeness (QED) is 0.453. The highest BCUT2D eigenvalue weighted by molar-refractivity contribution is 6.31. The summed E-state index contributed by atoms with van der Waals surface area (Å²) < 4.78 is 18.2. The predicted octanol–water partition coefficient (Wildman–Crippen LogP) is 2.99. The van der Waals surface area contributed by atoms with Crippen molar-refractivity contribution < 1.29 is 9.13 Å². The number of nitrogens with two attached hydrogens (primary N) is 1. The number of likely N-dealkylation sites (tertiary alicyclic amines) is 1. The average molecular weight is 383 g/mol. The Kier molecular flexibility index (Phi) is 7.08. The lowest BCUT2D eigenvalue weighted by atomic mass is 9.89. The summed E-state index contributed by atoms with van der Waals surface area (Å²) in [4.78, 5) is 10.7. The number of hydrogen-bond donors (Lipinski definition) is 1. The third-order valence-electron chi connectivity index (χ3n) is 4.99. The summed E-state index contributed by atoms with van der Waals surface area (Å²) in [6, 6.07) is 11.3. The summed E-state index contributed by atoms with van der Waals surface area (Å²) in [5, 5.41) is 3.86. The molecule has 7 heteroatoms. The second kappa shape index (κ2) is 9.94. The summed E-state index contributed by atoms with van der Waals surface area (Å²) in [7, 11) is 1.70. The Morgan fingerprint density at radius 2 is 2.14 bits per heavy atom. The molecule has 0 bridgehead atoms. The number of halogens is 1. The molecular weight excluding hydrogens is 357 g/mol. The Hall–Kier alpha value is -2.80. The molecule has 3 rings (SSSR count). The van der Waals surface area contributed by atoms with Gasteiger partial charge in [0, 0.05) is 12.8 Å². The molecule has 1 aliphatic heterocycles. The number of ether oxygens (including phenoxy) is 1. The Balaban J connectivity index is 1.48. The van der Waals surface area contributed by atoms with Gasteiger partial charge in [0.15, 0.2) is 0 Å². The SMILES string of the molecule is COc1cccc(C2CCN(CC(C=NCc3ccc(F)cn3)=NN)CC2)c1. The molecule has 2 N–H and O–H groups in total. The number of rotatable bonds is 7. The van der Waals surface area contributed by atoms with Crippen LogP contribution in [0.25, 0.3) is 0 Å². The standard InChI is InChI=1S/C21H26FN5O/c1-28-21-4-2-3-17(11-21)16-7-9-27(10-8-16)15-20(26-23)14-24-13-19-6-5-18(22)12-25-19/h2-6,11-12,14,16H,7-10,13,15,23H2,1H3. The van der Waals surface area contributed by atoms with E-state index < -0.39 is 0 Å². The van der Waals surface area contributed by atoms with Gasteiger partial charge in [0.1, 0.15) is 11.6 Å². The van der Waals surface area contributed by atoms with Gasteiger partial charge in [0.05, 0.1) is 31.3 Å². The molecule has 0 unspecified atom stereocenters. The number of piperidine rings is 1. The van der Waals surface area contributed by atoms with Crippen molar-refractivity contribution in [2.24, 2.45) is 15.9 Å². The molecule has 2 heterocycles. The minimum Gasteiger partial charge on any atom is -0.497 e. The van der Waals surface area contributed by atoms with Crippen LogP contribution >= 0.6 is 0 Å². The topological polar surface area (TPSA) is 76.1 Å². The smallest absolute Gasteiger partial charge is 0.141 e. The maximum Gasteiger partial charge on any atom is 0.141 e. The molecule has 2 aromatic rings. The average Bonchev–Trinajstić information content (AvgIpc) is 2.75. The van der Waals surface area contributed by atoms with E-state index >= 15 is 0 Å². The van der Waals surface area contributed by atoms with Gasteiger partial charge < -0.3 is 10.6 Å². The zero-order chi connectivity index (χ0) is 19.8. The molecule has 148 valence electrons. The first-order valence-corrected chi connectivity index (χ1v) is 9.41. The fraction of sp³-hybridized carbons (Fsp3) is 0.381. The molecule has 28 heavy (non-hydrogen) atoms. The Bertz CT molecular complexity index is 814. The van der Waals surface area contributed by atoms with E-state index in [-0.39, 0.29) is 5.82 Å². The number of aliphatic imine (C=N–C) groups is 1. The van der Waals surface area contributed by atoms with E-state index in [0.29, 0.717) is 24.7 Å². The summed E-state index contributed by atoms with van der Waals surface area (Å²) in [6.45, 7) is 3.00. The molecule has 0 atom stereocenters. The molecular formula is C21H26FN5O. The number of aromatic nitrogens is 1. The zero-order valence-corrected chi connectivity index (χ0v) is 16.1. The van der Waals surface area contributed by atoms with Crippen molar-refractivity contribution in [1.82, 2.24) is 9.88 Å². The van der Waals surface area contributed by atoms with Crippen LogP contribution in [0.1, 0.15) is 30.0 Å². The first-order valence-electron chi connectivity index (χ1n) is 9.41. The van der Waals surface area contributed by atoms with E-state index in [1.807, 2.05) is 12.1 Å². The van der Waals surface area contributed by atoms with Gasteiger partial charge in [-0.1, -0.05) is 12.1 Å². The second-order valence-electron chi connectivity index (χ2n) is 6.89. The molecule has 0 aliphatic carbocycles. The van der Waals surface area contributed by atoms with E-state index in [9.17, 15) is 4.39 Å². The zero-order valence-electron chi connectivity index (χ0n) is 16.1. The van der Waals surface area contributed by atoms with Crippen molar-refractivity contribution in [1.29, 1.82) is 0 Å². The third-order valence-corrected chi connectivity index (χ3v) is 4.99. The van der Waals surface area contributed by atoms with Crippen molar-refractivity contribution in [3.8, 4) is 5.75 Å². The molecule has 0 amide bonds. The summed E-state index contributed by atoms with van der Waals surface area (Å²) >= 11 is 0. The lowest BCUT2D eigenvalue weighted by Gasteiger charge is -2.32. The molecule has 1 aliphatic rings. The third kappa shape index (κ3) is 5.60. The van der Waals surface area contributed by atoms with Crippen LogP contribution in [0.3, 0.4) is 0 Å². The largest absolute Gasteiger partial charge is 0.497 e. The molecule has 0 spiro atoms. The highest BCUT2D eigenvalue weighted by Gasteiger charge is 2.21. The lowest BCUT2D eigenvalue weighted by Crippen LogP contribution is -2.37. The number of pyridine rings is 1. The number of methoxy groups -OCH3 is 1. The van der Waals surface area contributed by atoms with Crippen LogP contribution in [0.2, 0.25) is 0 Å². The van der Waals surface area contributed by atoms with Gasteiger partial charge in [-0.05, 0) is 61.7 Å². The highest BCUT2D eigenvalue weighted by atomic mass is 19.1. The Labute approximate surface area is 164 Å². The highest BCUT2D eigenvalue weighted by Crippen LogP contribution is 2.29. The first-order chi connectivity index (χ1) is 13.7. The van der Waals surface area contributed by atoms with Gasteiger partial charge in [-0.3, -0.25) is 14.9 Å². The number of nitrogens with zero attached hydrogens (tertiary/aromatic N) is 4. The van der Waals surface area contributed by atoms with Crippen molar-refractivity contribution >= 4 is 11.9 Å². The van der Waals surface area contributed by atoms with Gasteiger partial charge in [0.2, 0.25) is 0 Å². The van der Waals surface area contributed by atoms with Gasteiger partial charge in [0.25, 0.3) is 0 Å². The van der Waals surface area contributed by atoms with E-state index in [4.69, 9.17) is 10.6 Å². The van der Waals surface area contributed by atoms with Crippen molar-refractivity contribution in [2.75, 3.05) is 26.7 Å². The van der Waals surface area contributed by atoms with Crippen molar-refractivity contribution in [3.05, 3.63) is 59.7 Å². The lowest BCUT2D eigenvalue weighted by molar-refractivity contribution is 0.239. The minimum atomic E-state index is -0.353. The molecule has 1 aromatic carbocycles. The number of hydrazone groups is 1. The second-order valence-corrected chi connectivity index (χ2v) is 6.89. The molecule has 1 aromatic heterocycles. The molecule has 6 nitrogen and oxygen atoms in total. The van der Waals surface area contributed by atoms with Crippen LogP contribution in [0, 0.1) is 5.82 Å². The minimum absolute atomic E-state index is 0.353. The van der Waals surface area contributed by atoms with Gasteiger partial charge in [-0.15, -0.1) is 0 Å². The summed E-state index contributed by atoms with van der Waals surface area (Å²) in [5.74, 6) is 6.63. The molecule has 1 fully saturated rings. The van der Waals surface area contributed by atoms with Crippen LogP contribution in [0.4, 0.5) is 4.39 Å². The van der Waals surface area contributed by atoms with E-state index in [1.165, 1.54) is 17.8 Å². The normalized spacial score (nSPS) is 16.6. The number of benzene rings is 1. The van der Waals surface area contributed by atoms with Crippen LogP contribution in [-0.2, 0) is 6.54 Å². The van der Waals surface area contributed by atoms with E-state index in [1.54, 1.807) is 19.4 Å². The summed E-state index contributed by atoms with van der Waals surface area (Å²) in [5.41, 5.74) is 2.76. The van der Waals surface area contributed by atoms with Gasteiger partial charge in [-0.2, -0.15) is 5.10 Å². The Morgan fingerprint density at radius 3 is 2.82 bits per heavy atom. The van der Waals surface area contributed by atoms with Gasteiger partial charge >= 0.3 is 0 Å². The number of hydrogen-bond acceptors (Lipinski definition) is 6. The van der Waals surface area contributed by atoms with E-state index in [0.717, 1.165) is 37.4 Å². The molecule has 1 saturated heterocycles. The monoisotopic (exact) mass is 383 g/mol. The molecule has 0 saturated carbocycles. The van der Waals surface area contributed by atoms with Crippen LogP contribution in [-0.4, -0.2) is 48.6 Å². The first kappa shape index (κ1) is 19.9. The van der Waals surface area contributed by atoms with Crippen LogP contribution < -0.4 is 10.6 Å². The maximum atomic E-state index is 12.9. The van der Waals surface area contributed by atoms with Gasteiger partial charge in [-0.25, -0.2) is 4.39 Å². The van der Waals surface area contributed by atoms with Crippen LogP contribution in [0.15, 0.2) is 52.7 Å². The fourth-order valence-corrected chi connectivity index (χ4v) is 3.41. The van der Waals surface area contributed by atoms with Crippen molar-refractivity contribution in [2.45, 2.75) is 25.3 Å². The molecule has 0 radical (unpaired) electrons. The van der Waals surface area contributed by atoms with E-state index in [2.05, 4.69) is 32.1 Å².